The van der Waals surface area contributed by atoms with Crippen LogP contribution < -0.4 is 4.18 Å². The van der Waals surface area contributed by atoms with Crippen LogP contribution in [0, 0.1) is 5.92 Å². The summed E-state index contributed by atoms with van der Waals surface area (Å²) in [6.45, 7) is 3.70. The molecule has 0 atom stereocenters. The van der Waals surface area contributed by atoms with Gasteiger partial charge in [0, 0.05) is 5.39 Å². The van der Waals surface area contributed by atoms with Crippen molar-refractivity contribution in [2.45, 2.75) is 13.8 Å². The van der Waals surface area contributed by atoms with Gasteiger partial charge in [-0.15, -0.1) is 0 Å². The van der Waals surface area contributed by atoms with E-state index in [1.807, 2.05) is 44.2 Å². The normalized spacial score (nSPS) is 11.9. The lowest BCUT2D eigenvalue weighted by atomic mass is 10.1. The van der Waals surface area contributed by atoms with Gasteiger partial charge in [0.15, 0.2) is 0 Å². The summed E-state index contributed by atoms with van der Waals surface area (Å²) in [7, 11) is -3.53. The van der Waals surface area contributed by atoms with Crippen molar-refractivity contribution in [2.24, 2.45) is 5.92 Å². The molecule has 4 heteroatoms. The van der Waals surface area contributed by atoms with Crippen molar-refractivity contribution >= 4 is 20.9 Å². The number of hydrogen-bond acceptors (Lipinski definition) is 3. The highest BCUT2D eigenvalue weighted by Gasteiger charge is 2.16. The van der Waals surface area contributed by atoms with Gasteiger partial charge in [-0.2, -0.15) is 8.42 Å². The van der Waals surface area contributed by atoms with Crippen LogP contribution in [0.25, 0.3) is 10.8 Å². The quantitative estimate of drug-likeness (QED) is 0.796. The Labute approximate surface area is 108 Å². The van der Waals surface area contributed by atoms with Crippen LogP contribution in [0.2, 0.25) is 0 Å². The lowest BCUT2D eigenvalue weighted by molar-refractivity contribution is 0.479. The first-order chi connectivity index (χ1) is 8.48. The van der Waals surface area contributed by atoms with Crippen LogP contribution in [-0.2, 0) is 10.1 Å². The van der Waals surface area contributed by atoms with Crippen LogP contribution in [-0.4, -0.2) is 14.2 Å². The fourth-order valence-electron chi connectivity index (χ4n) is 1.85. The molecule has 0 heterocycles. The molecule has 0 aliphatic heterocycles. The largest absolute Gasteiger partial charge is 0.382 e. The summed E-state index contributed by atoms with van der Waals surface area (Å²) in [5.41, 5.74) is 0. The standard InChI is InChI=1S/C14H16O3S/c1-11(2)10-18(15,16)17-14-9-5-7-12-6-3-4-8-13(12)14/h3-9,11H,10H2,1-2H3. The van der Waals surface area contributed by atoms with Crippen molar-refractivity contribution in [1.82, 2.24) is 0 Å². The van der Waals surface area contributed by atoms with E-state index in [0.717, 1.165) is 10.8 Å². The Morgan fingerprint density at radius 2 is 1.72 bits per heavy atom. The summed E-state index contributed by atoms with van der Waals surface area (Å²) in [5, 5.41) is 1.78. The molecule has 0 saturated carbocycles. The Hall–Kier alpha value is -1.55. The maximum absolute atomic E-state index is 11.8. The van der Waals surface area contributed by atoms with E-state index < -0.39 is 10.1 Å². The molecule has 2 aromatic carbocycles. The smallest absolute Gasteiger partial charge is 0.309 e. The Bertz CT molecular complexity index is 640. The summed E-state index contributed by atoms with van der Waals surface area (Å²) < 4.78 is 28.9. The second-order valence-electron chi connectivity index (χ2n) is 4.68. The first-order valence-corrected chi connectivity index (χ1v) is 7.45. The number of fused-ring (bicyclic) bond motifs is 1. The highest BCUT2D eigenvalue weighted by molar-refractivity contribution is 7.87. The van der Waals surface area contributed by atoms with E-state index in [1.54, 1.807) is 12.1 Å². The second kappa shape index (κ2) is 4.98. The fraction of sp³-hybridized carbons (Fsp3) is 0.286. The second-order valence-corrected chi connectivity index (χ2v) is 6.29. The molecule has 0 N–H and O–H groups in total. The molecule has 96 valence electrons. The van der Waals surface area contributed by atoms with Crippen molar-refractivity contribution in [3.63, 3.8) is 0 Å². The molecule has 0 aliphatic carbocycles. The molecule has 0 fully saturated rings. The Morgan fingerprint density at radius 1 is 1.06 bits per heavy atom. The molecule has 0 saturated heterocycles. The molecule has 0 unspecified atom stereocenters. The lowest BCUT2D eigenvalue weighted by Gasteiger charge is -2.10. The minimum atomic E-state index is -3.53. The Kier molecular flexibility index (Phi) is 3.57. The topological polar surface area (TPSA) is 43.4 Å². The van der Waals surface area contributed by atoms with E-state index in [1.165, 1.54) is 0 Å². The van der Waals surface area contributed by atoms with E-state index in [2.05, 4.69) is 0 Å². The predicted molar refractivity (Wildman–Crippen MR) is 73.2 cm³/mol. The zero-order valence-electron chi connectivity index (χ0n) is 10.5. The molecule has 0 bridgehead atoms. The summed E-state index contributed by atoms with van der Waals surface area (Å²) in [6.07, 6.45) is 0. The van der Waals surface area contributed by atoms with E-state index in [4.69, 9.17) is 4.18 Å². The average Bonchev–Trinajstić information content (AvgIpc) is 2.27. The van der Waals surface area contributed by atoms with Gasteiger partial charge in [-0.25, -0.2) is 0 Å². The van der Waals surface area contributed by atoms with Crippen molar-refractivity contribution in [3.8, 4) is 5.75 Å². The van der Waals surface area contributed by atoms with E-state index in [0.29, 0.717) is 5.75 Å². The molecule has 0 amide bonds. The third-order valence-corrected chi connectivity index (χ3v) is 4.01. The highest BCUT2D eigenvalue weighted by atomic mass is 32.2. The van der Waals surface area contributed by atoms with Crippen molar-refractivity contribution in [2.75, 3.05) is 5.75 Å². The maximum atomic E-state index is 11.8. The van der Waals surface area contributed by atoms with Gasteiger partial charge < -0.3 is 4.18 Å². The molecule has 2 rings (SSSR count). The highest BCUT2D eigenvalue weighted by Crippen LogP contribution is 2.26. The maximum Gasteiger partial charge on any atom is 0.309 e. The van der Waals surface area contributed by atoms with Crippen LogP contribution in [0.3, 0.4) is 0 Å². The molecule has 0 aliphatic rings. The molecule has 0 radical (unpaired) electrons. The molecule has 0 aromatic heterocycles. The van der Waals surface area contributed by atoms with Crippen LogP contribution in [0.5, 0.6) is 5.75 Å². The van der Waals surface area contributed by atoms with Gasteiger partial charge in [0.05, 0.1) is 5.75 Å². The fourth-order valence-corrected chi connectivity index (χ4v) is 3.15. The Morgan fingerprint density at radius 3 is 2.44 bits per heavy atom. The summed E-state index contributed by atoms with van der Waals surface area (Å²) in [6, 6.07) is 13.0. The zero-order valence-corrected chi connectivity index (χ0v) is 11.3. The summed E-state index contributed by atoms with van der Waals surface area (Å²) in [4.78, 5) is 0. The van der Waals surface area contributed by atoms with Gasteiger partial charge in [-0.3, -0.25) is 0 Å². The van der Waals surface area contributed by atoms with Gasteiger partial charge in [0.2, 0.25) is 0 Å². The predicted octanol–water partition coefficient (Wildman–Crippen LogP) is 3.20. The van der Waals surface area contributed by atoms with Crippen molar-refractivity contribution in [1.29, 1.82) is 0 Å². The monoisotopic (exact) mass is 264 g/mol. The first-order valence-electron chi connectivity index (χ1n) is 5.88. The van der Waals surface area contributed by atoms with Crippen molar-refractivity contribution in [3.05, 3.63) is 42.5 Å². The summed E-state index contributed by atoms with van der Waals surface area (Å²) in [5.74, 6) is 0.467. The van der Waals surface area contributed by atoms with E-state index in [-0.39, 0.29) is 11.7 Å². The van der Waals surface area contributed by atoms with Crippen LogP contribution in [0.1, 0.15) is 13.8 Å². The SMILES string of the molecule is CC(C)CS(=O)(=O)Oc1cccc2ccccc12. The van der Waals surface area contributed by atoms with Crippen molar-refractivity contribution < 1.29 is 12.6 Å². The first kappa shape index (κ1) is 12.9. The number of hydrogen-bond donors (Lipinski definition) is 0. The minimum Gasteiger partial charge on any atom is -0.382 e. The third-order valence-electron chi connectivity index (χ3n) is 2.50. The number of benzene rings is 2. The van der Waals surface area contributed by atoms with Crippen LogP contribution in [0.15, 0.2) is 42.5 Å². The molecule has 3 nitrogen and oxygen atoms in total. The molecule has 2 aromatic rings. The molecule has 0 spiro atoms. The minimum absolute atomic E-state index is 0.0240. The van der Waals surface area contributed by atoms with Gasteiger partial charge in [0.1, 0.15) is 5.75 Å². The Balaban J connectivity index is 2.38. The zero-order chi connectivity index (χ0) is 13.2. The lowest BCUT2D eigenvalue weighted by Crippen LogP contribution is -2.17. The van der Waals surface area contributed by atoms with Gasteiger partial charge >= 0.3 is 10.1 Å². The molecular formula is C14H16O3S. The van der Waals surface area contributed by atoms with E-state index in [9.17, 15) is 8.42 Å². The van der Waals surface area contributed by atoms with Crippen LogP contribution in [0.4, 0.5) is 0 Å². The van der Waals surface area contributed by atoms with Gasteiger partial charge in [-0.05, 0) is 17.4 Å². The molecule has 18 heavy (non-hydrogen) atoms. The molecular weight excluding hydrogens is 248 g/mol. The van der Waals surface area contributed by atoms with Gasteiger partial charge in [0.25, 0.3) is 0 Å². The summed E-state index contributed by atoms with van der Waals surface area (Å²) >= 11 is 0. The van der Waals surface area contributed by atoms with Gasteiger partial charge in [-0.1, -0.05) is 50.2 Å². The third kappa shape index (κ3) is 3.01. The van der Waals surface area contributed by atoms with Crippen LogP contribution >= 0.6 is 0 Å². The number of rotatable bonds is 4. The average molecular weight is 264 g/mol. The van der Waals surface area contributed by atoms with E-state index >= 15 is 0 Å².